The quantitative estimate of drug-likeness (QED) is 0.261. The van der Waals surface area contributed by atoms with Crippen LogP contribution in [0.5, 0.6) is 0 Å². The Morgan fingerprint density at radius 3 is 2.72 bits per heavy atom. The molecule has 5 heteroatoms. The molecule has 1 fully saturated rings. The zero-order chi connectivity index (χ0) is 28.1. The van der Waals surface area contributed by atoms with E-state index in [0.29, 0.717) is 5.92 Å². The lowest BCUT2D eigenvalue weighted by Gasteiger charge is -2.35. The maximum Gasteiger partial charge on any atom is 0.123 e. The maximum atomic E-state index is 13.0. The Morgan fingerprint density at radius 2 is 2.03 bits per heavy atom. The van der Waals surface area contributed by atoms with Crippen LogP contribution in [0, 0.1) is 17.1 Å². The Labute approximate surface area is 235 Å². The van der Waals surface area contributed by atoms with Crippen molar-refractivity contribution in [1.29, 1.82) is 5.26 Å². The number of nitrogens with zero attached hydrogens (tertiary/aromatic N) is 2. The number of nitrogens with one attached hydrogen (secondary N) is 2. The van der Waals surface area contributed by atoms with Gasteiger partial charge in [0.2, 0.25) is 0 Å². The molecule has 2 N–H and O–H groups in total. The topological polar surface area (TPSA) is 51.1 Å². The highest BCUT2D eigenvalue weighted by Crippen LogP contribution is 2.32. The summed E-state index contributed by atoms with van der Waals surface area (Å²) in [5, 5.41) is 8.98. The molecule has 0 aromatic heterocycles. The second-order valence-corrected chi connectivity index (χ2v) is 10.9. The minimum absolute atomic E-state index is 0.0117. The molecule has 0 saturated carbocycles. The van der Waals surface area contributed by atoms with Crippen molar-refractivity contribution in [3.63, 3.8) is 0 Å². The molecular formula is C34H45FN4. The van der Waals surface area contributed by atoms with Gasteiger partial charge in [-0.1, -0.05) is 55.0 Å². The fourth-order valence-electron chi connectivity index (χ4n) is 5.51. The summed E-state index contributed by atoms with van der Waals surface area (Å²) in [5.41, 5.74) is 12.1. The van der Waals surface area contributed by atoms with Crippen molar-refractivity contribution in [2.24, 2.45) is 0 Å². The predicted octanol–water partition coefficient (Wildman–Crippen LogP) is 7.53. The number of rotatable bonds is 9. The van der Waals surface area contributed by atoms with E-state index in [9.17, 15) is 4.39 Å². The summed E-state index contributed by atoms with van der Waals surface area (Å²) < 4.78 is 13.0. The summed E-state index contributed by atoms with van der Waals surface area (Å²) in [5.74, 6) is 0.413. The van der Waals surface area contributed by atoms with Crippen molar-refractivity contribution in [3.05, 3.63) is 107 Å². The molecule has 2 aliphatic rings. The van der Waals surface area contributed by atoms with Crippen LogP contribution in [0.2, 0.25) is 0 Å². The van der Waals surface area contributed by atoms with Crippen LogP contribution in [0.15, 0.2) is 84.6 Å². The monoisotopic (exact) mass is 528 g/mol. The fourth-order valence-corrected chi connectivity index (χ4v) is 5.51. The van der Waals surface area contributed by atoms with Crippen LogP contribution in [-0.2, 0) is 5.41 Å². The zero-order valence-corrected chi connectivity index (χ0v) is 24.0. The van der Waals surface area contributed by atoms with Gasteiger partial charge in [-0.15, -0.1) is 6.58 Å². The second-order valence-electron chi connectivity index (χ2n) is 10.9. The van der Waals surface area contributed by atoms with E-state index in [2.05, 4.69) is 60.5 Å². The summed E-state index contributed by atoms with van der Waals surface area (Å²) >= 11 is 0. The molecule has 208 valence electrons. The van der Waals surface area contributed by atoms with Crippen LogP contribution >= 0.6 is 0 Å². The number of halogens is 1. The number of hydrogen-bond donors (Lipinski definition) is 2. The van der Waals surface area contributed by atoms with E-state index >= 15 is 0 Å². The Morgan fingerprint density at radius 1 is 1.23 bits per heavy atom. The number of hydrazine groups is 1. The first-order valence-corrected chi connectivity index (χ1v) is 14.3. The van der Waals surface area contributed by atoms with Gasteiger partial charge in [0.25, 0.3) is 0 Å². The number of nitriles is 1. The van der Waals surface area contributed by atoms with Crippen molar-refractivity contribution in [1.82, 2.24) is 15.8 Å². The second kappa shape index (κ2) is 15.4. The van der Waals surface area contributed by atoms with Crippen molar-refractivity contribution >= 4 is 0 Å². The summed E-state index contributed by atoms with van der Waals surface area (Å²) in [6, 6.07) is 17.2. The van der Waals surface area contributed by atoms with Crippen LogP contribution in [0.1, 0.15) is 81.9 Å². The average molecular weight is 529 g/mol. The minimum Gasteiger partial charge on any atom is -0.326 e. The molecule has 0 amide bonds. The van der Waals surface area contributed by atoms with Gasteiger partial charge in [-0.3, -0.25) is 0 Å². The summed E-state index contributed by atoms with van der Waals surface area (Å²) in [7, 11) is 0. The average Bonchev–Trinajstić information content (AvgIpc) is 2.97. The van der Waals surface area contributed by atoms with Gasteiger partial charge in [-0.2, -0.15) is 5.26 Å². The Bertz CT molecular complexity index is 1160. The van der Waals surface area contributed by atoms with Gasteiger partial charge in [0.05, 0.1) is 11.6 Å². The van der Waals surface area contributed by atoms with E-state index in [4.69, 9.17) is 5.26 Å². The fraction of sp³-hybridized carbons (Fsp3) is 0.441. The lowest BCUT2D eigenvalue weighted by atomic mass is 9.76. The predicted molar refractivity (Wildman–Crippen MR) is 161 cm³/mol. The highest BCUT2D eigenvalue weighted by atomic mass is 19.1. The highest BCUT2D eigenvalue weighted by molar-refractivity contribution is 5.40. The van der Waals surface area contributed by atoms with Gasteiger partial charge in [-0.25, -0.2) is 9.82 Å². The summed E-state index contributed by atoms with van der Waals surface area (Å²) in [6.07, 6.45) is 13.3. The lowest BCUT2D eigenvalue weighted by Crippen LogP contribution is -2.47. The summed E-state index contributed by atoms with van der Waals surface area (Å²) in [4.78, 5) is 2.56. The lowest BCUT2D eigenvalue weighted by molar-refractivity contribution is 0.210. The molecule has 2 unspecified atom stereocenters. The maximum absolute atomic E-state index is 13.0. The molecule has 4 nitrogen and oxygen atoms in total. The third kappa shape index (κ3) is 9.20. The Balaban J connectivity index is 0.000000223. The van der Waals surface area contributed by atoms with Crippen LogP contribution in [-0.4, -0.2) is 31.1 Å². The standard InChI is InChI=1S/C20H28FN.C14H17N3/c1-3-4-5-7-17(2)13-15-22-14-6-8-19(16-22)18-9-11-20(21)12-10-18;1-3-14(8-11(2)17-16-10-14)13-6-4-5-12(7-13)9-15/h3,7,9-12,19H,1,4-6,8,13-16H2,2H3;4-8,16-17H,3,10H2,1-2H3/b17-7+;. The molecule has 2 heterocycles. The normalized spacial score (nSPS) is 21.6. The minimum atomic E-state index is -0.142. The highest BCUT2D eigenvalue weighted by Gasteiger charge is 2.30. The molecule has 1 saturated heterocycles. The van der Waals surface area contributed by atoms with E-state index in [1.54, 1.807) is 12.1 Å². The van der Waals surface area contributed by atoms with Gasteiger partial charge < -0.3 is 10.3 Å². The first-order chi connectivity index (χ1) is 18.9. The number of piperidine rings is 1. The van der Waals surface area contributed by atoms with Gasteiger partial charge in [0.1, 0.15) is 5.82 Å². The van der Waals surface area contributed by atoms with Crippen LogP contribution in [0.25, 0.3) is 0 Å². The van der Waals surface area contributed by atoms with E-state index in [1.165, 1.54) is 36.1 Å². The number of allylic oxidation sites excluding steroid dienone is 3. The molecule has 0 bridgehead atoms. The van der Waals surface area contributed by atoms with Crippen molar-refractivity contribution in [2.45, 2.75) is 70.6 Å². The first-order valence-electron chi connectivity index (χ1n) is 14.3. The smallest absolute Gasteiger partial charge is 0.123 e. The Kier molecular flexibility index (Phi) is 12.0. The van der Waals surface area contributed by atoms with E-state index in [-0.39, 0.29) is 11.2 Å². The molecule has 2 aromatic rings. The van der Waals surface area contributed by atoms with Gasteiger partial charge in [0.15, 0.2) is 0 Å². The SMILES string of the molecule is C=CCC/C=C(\C)CCN1CCCC(c2ccc(F)cc2)C1.CCC1(c2cccc(C#N)c2)C=C(C)NNC1. The van der Waals surface area contributed by atoms with Crippen LogP contribution in [0.4, 0.5) is 4.39 Å². The zero-order valence-electron chi connectivity index (χ0n) is 24.0. The third-order valence-electron chi connectivity index (χ3n) is 7.91. The Hall–Kier alpha value is -3.20. The van der Waals surface area contributed by atoms with Crippen molar-refractivity contribution in [3.8, 4) is 6.07 Å². The number of benzene rings is 2. The number of unbranched alkanes of at least 4 members (excludes halogenated alkanes) is 1. The molecule has 0 radical (unpaired) electrons. The molecule has 2 aromatic carbocycles. The van der Waals surface area contributed by atoms with Gasteiger partial charge in [-0.05, 0) is 100 Å². The molecular weight excluding hydrogens is 483 g/mol. The number of likely N-dealkylation sites (tertiary alicyclic amines) is 1. The number of hydrogen-bond acceptors (Lipinski definition) is 4. The molecule has 39 heavy (non-hydrogen) atoms. The van der Waals surface area contributed by atoms with E-state index < -0.39 is 0 Å². The third-order valence-corrected chi connectivity index (χ3v) is 7.91. The van der Waals surface area contributed by atoms with E-state index in [1.807, 2.05) is 43.3 Å². The van der Waals surface area contributed by atoms with Crippen LogP contribution in [0.3, 0.4) is 0 Å². The molecule has 0 spiro atoms. The molecule has 4 rings (SSSR count). The van der Waals surface area contributed by atoms with E-state index in [0.717, 1.165) is 56.6 Å². The first kappa shape index (κ1) is 30.3. The van der Waals surface area contributed by atoms with Crippen molar-refractivity contribution in [2.75, 3.05) is 26.2 Å². The molecule has 2 atom stereocenters. The van der Waals surface area contributed by atoms with Crippen molar-refractivity contribution < 1.29 is 4.39 Å². The van der Waals surface area contributed by atoms with Crippen LogP contribution < -0.4 is 10.9 Å². The van der Waals surface area contributed by atoms with Gasteiger partial charge >= 0.3 is 0 Å². The summed E-state index contributed by atoms with van der Waals surface area (Å²) in [6.45, 7) is 14.5. The molecule has 2 aliphatic heterocycles. The van der Waals surface area contributed by atoms with Gasteiger partial charge in [0, 0.05) is 30.7 Å². The molecule has 0 aliphatic carbocycles. The largest absolute Gasteiger partial charge is 0.326 e.